The minimum atomic E-state index is -0.511. The number of aromatic nitrogens is 1. The molecule has 3 aromatic rings. The van der Waals surface area contributed by atoms with Crippen molar-refractivity contribution in [2.75, 3.05) is 50.1 Å². The number of ether oxygens (including phenoxy) is 1. The van der Waals surface area contributed by atoms with Crippen molar-refractivity contribution in [1.82, 2.24) is 9.47 Å². The largest absolute Gasteiger partial charge is 0.497 e. The van der Waals surface area contributed by atoms with Crippen LogP contribution in [0.3, 0.4) is 0 Å². The van der Waals surface area contributed by atoms with Crippen molar-refractivity contribution in [3.05, 3.63) is 63.7 Å². The number of fused-ring (bicyclic) bond motifs is 1. The van der Waals surface area contributed by atoms with E-state index in [9.17, 15) is 9.59 Å². The van der Waals surface area contributed by atoms with Crippen LogP contribution in [-0.2, 0) is 0 Å². The lowest BCUT2D eigenvalue weighted by Crippen LogP contribution is -2.46. The fourth-order valence-corrected chi connectivity index (χ4v) is 4.77. The summed E-state index contributed by atoms with van der Waals surface area (Å²) in [7, 11) is 1.56. The van der Waals surface area contributed by atoms with Crippen molar-refractivity contribution in [1.29, 1.82) is 0 Å². The van der Waals surface area contributed by atoms with Gasteiger partial charge in [-0.05, 0) is 50.1 Å². The summed E-state index contributed by atoms with van der Waals surface area (Å²) in [5.41, 5.74) is 2.17. The number of hydrogen-bond acceptors (Lipinski definition) is 5. The third-order valence-electron chi connectivity index (χ3n) is 7.14. The average molecular weight is 479 g/mol. The highest BCUT2D eigenvalue weighted by Crippen LogP contribution is 2.38. The normalized spacial score (nSPS) is 16.5. The molecule has 0 radical (unpaired) electrons. The zero-order chi connectivity index (χ0) is 24.7. The minimum Gasteiger partial charge on any atom is -0.497 e. The van der Waals surface area contributed by atoms with Gasteiger partial charge in [-0.3, -0.25) is 9.59 Å². The average Bonchev–Trinajstić information content (AvgIpc) is 3.71. The Morgan fingerprint density at radius 3 is 2.54 bits per heavy atom. The summed E-state index contributed by atoms with van der Waals surface area (Å²) in [5.74, 6) is -0.333. The van der Waals surface area contributed by atoms with Gasteiger partial charge in [0.1, 0.15) is 17.1 Å². The quantitative estimate of drug-likeness (QED) is 0.576. The lowest BCUT2D eigenvalue weighted by Gasteiger charge is -2.35. The lowest BCUT2D eigenvalue weighted by atomic mass is 10.1. The van der Waals surface area contributed by atoms with Crippen LogP contribution >= 0.6 is 0 Å². The molecule has 8 heteroatoms. The van der Waals surface area contributed by atoms with Crippen LogP contribution in [-0.4, -0.2) is 55.2 Å². The van der Waals surface area contributed by atoms with E-state index in [0.29, 0.717) is 22.6 Å². The number of halogens is 1. The highest BCUT2D eigenvalue weighted by Gasteiger charge is 2.28. The Morgan fingerprint density at radius 1 is 1.14 bits per heavy atom. The zero-order valence-corrected chi connectivity index (χ0v) is 20.4. The van der Waals surface area contributed by atoms with Crippen molar-refractivity contribution < 1.29 is 13.9 Å². The molecule has 1 aliphatic carbocycles. The van der Waals surface area contributed by atoms with E-state index >= 15 is 4.39 Å². The van der Waals surface area contributed by atoms with Gasteiger partial charge in [0.15, 0.2) is 0 Å². The smallest absolute Gasteiger partial charge is 0.261 e. The lowest BCUT2D eigenvalue weighted by molar-refractivity contribution is 0.102. The first kappa shape index (κ1) is 23.4. The van der Waals surface area contributed by atoms with Crippen LogP contribution in [0.5, 0.6) is 5.75 Å². The molecule has 1 saturated carbocycles. The van der Waals surface area contributed by atoms with Gasteiger partial charge in [0.2, 0.25) is 5.43 Å². The molecule has 1 aliphatic heterocycles. The van der Waals surface area contributed by atoms with Crippen LogP contribution < -0.4 is 20.4 Å². The predicted octanol–water partition coefficient (Wildman–Crippen LogP) is 4.19. The topological polar surface area (TPSA) is 66.8 Å². The van der Waals surface area contributed by atoms with Crippen LogP contribution in [0.2, 0.25) is 0 Å². The molecule has 184 valence electrons. The molecular formula is C27H31FN4O3. The third-order valence-corrected chi connectivity index (χ3v) is 7.14. The maximum Gasteiger partial charge on any atom is 0.261 e. The van der Waals surface area contributed by atoms with Crippen molar-refractivity contribution in [3.63, 3.8) is 0 Å². The second-order valence-corrected chi connectivity index (χ2v) is 9.39. The number of carbonyl (C=O) groups is 1. The zero-order valence-electron chi connectivity index (χ0n) is 20.4. The van der Waals surface area contributed by atoms with Gasteiger partial charge in [0, 0.05) is 55.6 Å². The first-order chi connectivity index (χ1) is 16.9. The van der Waals surface area contributed by atoms with E-state index in [0.717, 1.165) is 51.1 Å². The molecule has 35 heavy (non-hydrogen) atoms. The van der Waals surface area contributed by atoms with Gasteiger partial charge in [0.05, 0.1) is 18.3 Å². The fourth-order valence-electron chi connectivity index (χ4n) is 4.77. The number of amides is 1. The molecule has 1 saturated heterocycles. The molecular weight excluding hydrogens is 447 g/mol. The van der Waals surface area contributed by atoms with Crippen molar-refractivity contribution in [3.8, 4) is 5.75 Å². The molecule has 2 aromatic carbocycles. The number of methoxy groups -OCH3 is 1. The molecule has 2 aliphatic rings. The standard InChI is InChI=1S/C27H31FN4O3/c1-4-30-9-11-31(12-10-30)25-15-24-20(14-22(25)28)26(33)21(16-32(24)18-6-7-18)27(34)29-23-13-19(35-3)8-5-17(23)2/h5,8,13-16,18H,4,6-7,9-12H2,1-3H3,(H,29,34). The van der Waals surface area contributed by atoms with Gasteiger partial charge in [-0.2, -0.15) is 0 Å². The molecule has 2 heterocycles. The molecule has 0 atom stereocenters. The van der Waals surface area contributed by atoms with Gasteiger partial charge < -0.3 is 24.4 Å². The Bertz CT molecular complexity index is 1340. The molecule has 5 rings (SSSR count). The van der Waals surface area contributed by atoms with Crippen LogP contribution in [0.25, 0.3) is 10.9 Å². The number of hydrogen-bond donors (Lipinski definition) is 1. The molecule has 1 N–H and O–H groups in total. The van der Waals surface area contributed by atoms with E-state index in [-0.39, 0.29) is 17.0 Å². The SMILES string of the molecule is CCN1CCN(c2cc3c(cc2F)c(=O)c(C(=O)Nc2cc(OC)ccc2C)cn3C2CC2)CC1. The Labute approximate surface area is 204 Å². The molecule has 0 unspecified atom stereocenters. The van der Waals surface area contributed by atoms with Crippen molar-refractivity contribution in [2.45, 2.75) is 32.7 Å². The number of anilines is 2. The van der Waals surface area contributed by atoms with E-state index in [1.54, 1.807) is 25.4 Å². The minimum absolute atomic E-state index is 0.00956. The number of carbonyl (C=O) groups excluding carboxylic acids is 1. The third kappa shape index (κ3) is 4.50. The van der Waals surface area contributed by atoms with Crippen LogP contribution in [0, 0.1) is 12.7 Å². The number of nitrogens with zero attached hydrogens (tertiary/aromatic N) is 3. The van der Waals surface area contributed by atoms with E-state index in [1.807, 2.05) is 23.6 Å². The van der Waals surface area contributed by atoms with Gasteiger partial charge in [-0.15, -0.1) is 0 Å². The molecule has 0 bridgehead atoms. The number of rotatable bonds is 6. The Balaban J connectivity index is 1.54. The highest BCUT2D eigenvalue weighted by molar-refractivity contribution is 6.06. The number of piperazine rings is 1. The maximum atomic E-state index is 15.3. The van der Waals surface area contributed by atoms with E-state index in [2.05, 4.69) is 22.0 Å². The second kappa shape index (κ2) is 9.34. The number of nitrogens with one attached hydrogen (secondary N) is 1. The molecule has 1 aromatic heterocycles. The van der Waals surface area contributed by atoms with E-state index in [1.165, 1.54) is 6.07 Å². The Kier molecular flexibility index (Phi) is 6.23. The maximum absolute atomic E-state index is 15.3. The number of likely N-dealkylation sites (N-methyl/N-ethyl adjacent to an activating group) is 1. The summed E-state index contributed by atoms with van der Waals surface area (Å²) in [5, 5.41) is 3.08. The first-order valence-corrected chi connectivity index (χ1v) is 12.2. The fraction of sp³-hybridized carbons (Fsp3) is 0.407. The Morgan fingerprint density at radius 2 is 1.89 bits per heavy atom. The van der Waals surface area contributed by atoms with Crippen LogP contribution in [0.15, 0.2) is 41.3 Å². The highest BCUT2D eigenvalue weighted by atomic mass is 19.1. The monoisotopic (exact) mass is 478 g/mol. The molecule has 2 fully saturated rings. The van der Waals surface area contributed by atoms with Gasteiger partial charge in [0.25, 0.3) is 5.91 Å². The van der Waals surface area contributed by atoms with Crippen LogP contribution in [0.4, 0.5) is 15.8 Å². The first-order valence-electron chi connectivity index (χ1n) is 12.2. The van der Waals surface area contributed by atoms with Crippen molar-refractivity contribution >= 4 is 28.2 Å². The van der Waals surface area contributed by atoms with Gasteiger partial charge in [-0.1, -0.05) is 13.0 Å². The predicted molar refractivity (Wildman–Crippen MR) is 136 cm³/mol. The molecule has 0 spiro atoms. The summed E-state index contributed by atoms with van der Waals surface area (Å²) >= 11 is 0. The van der Waals surface area contributed by atoms with Gasteiger partial charge >= 0.3 is 0 Å². The number of aryl methyl sites for hydroxylation is 1. The van der Waals surface area contributed by atoms with Crippen LogP contribution in [0.1, 0.15) is 41.7 Å². The summed E-state index contributed by atoms with van der Waals surface area (Å²) in [6.45, 7) is 8.22. The second-order valence-electron chi connectivity index (χ2n) is 9.39. The molecule has 7 nitrogen and oxygen atoms in total. The summed E-state index contributed by atoms with van der Waals surface area (Å²) in [6.07, 6.45) is 3.58. The Hall–Kier alpha value is -3.39. The number of benzene rings is 2. The summed E-state index contributed by atoms with van der Waals surface area (Å²) in [6, 6.07) is 8.68. The molecule has 1 amide bonds. The van der Waals surface area contributed by atoms with Gasteiger partial charge in [-0.25, -0.2) is 4.39 Å². The van der Waals surface area contributed by atoms with Crippen molar-refractivity contribution in [2.24, 2.45) is 0 Å². The van der Waals surface area contributed by atoms with E-state index in [4.69, 9.17) is 4.74 Å². The summed E-state index contributed by atoms with van der Waals surface area (Å²) < 4.78 is 22.5. The van der Waals surface area contributed by atoms with E-state index < -0.39 is 17.2 Å². The summed E-state index contributed by atoms with van der Waals surface area (Å²) in [4.78, 5) is 31.0. The number of pyridine rings is 1.